The third-order valence-electron chi connectivity index (χ3n) is 3.68. The van der Waals surface area contributed by atoms with E-state index in [0.717, 1.165) is 28.7 Å². The van der Waals surface area contributed by atoms with E-state index in [4.69, 9.17) is 4.74 Å². The normalized spacial score (nSPS) is 15.4. The Morgan fingerprint density at radius 2 is 2.05 bits per heavy atom. The predicted molar refractivity (Wildman–Crippen MR) is 90.5 cm³/mol. The van der Waals surface area contributed by atoms with Gasteiger partial charge in [0.25, 0.3) is 0 Å². The van der Waals surface area contributed by atoms with Gasteiger partial charge in [0.15, 0.2) is 0 Å². The molecule has 114 valence electrons. The largest absolute Gasteiger partial charge is 0.463 e. The Kier molecular flexibility index (Phi) is 5.85. The SMILES string of the molecule is CCOC(=O)C(=Cc1cc(Br)ccc1N1CCCC1)CC. The number of benzene rings is 1. The second kappa shape index (κ2) is 7.64. The zero-order valence-corrected chi connectivity index (χ0v) is 14.3. The first-order valence-corrected chi connectivity index (χ1v) is 8.37. The van der Waals surface area contributed by atoms with E-state index in [-0.39, 0.29) is 5.97 Å². The Labute approximate surface area is 135 Å². The van der Waals surface area contributed by atoms with Crippen LogP contribution in [-0.4, -0.2) is 25.7 Å². The number of hydrogen-bond donors (Lipinski definition) is 0. The number of halogens is 1. The lowest BCUT2D eigenvalue weighted by Crippen LogP contribution is -2.18. The Morgan fingerprint density at radius 3 is 2.67 bits per heavy atom. The third kappa shape index (κ3) is 4.10. The fourth-order valence-corrected chi connectivity index (χ4v) is 2.98. The summed E-state index contributed by atoms with van der Waals surface area (Å²) >= 11 is 3.52. The monoisotopic (exact) mass is 351 g/mol. The molecule has 2 rings (SSSR count). The van der Waals surface area contributed by atoms with Crippen molar-refractivity contribution in [1.82, 2.24) is 0 Å². The maximum atomic E-state index is 12.0. The van der Waals surface area contributed by atoms with E-state index >= 15 is 0 Å². The molecule has 0 atom stereocenters. The minimum Gasteiger partial charge on any atom is -0.463 e. The highest BCUT2D eigenvalue weighted by atomic mass is 79.9. The molecule has 0 spiro atoms. The van der Waals surface area contributed by atoms with Gasteiger partial charge in [-0.3, -0.25) is 0 Å². The molecule has 1 aliphatic heterocycles. The van der Waals surface area contributed by atoms with Gasteiger partial charge < -0.3 is 9.64 Å². The topological polar surface area (TPSA) is 29.5 Å². The smallest absolute Gasteiger partial charge is 0.333 e. The van der Waals surface area contributed by atoms with Crippen LogP contribution < -0.4 is 4.90 Å². The van der Waals surface area contributed by atoms with Gasteiger partial charge in [-0.1, -0.05) is 22.9 Å². The van der Waals surface area contributed by atoms with Crippen molar-refractivity contribution in [3.05, 3.63) is 33.8 Å². The number of anilines is 1. The Hall–Kier alpha value is -1.29. The first kappa shape index (κ1) is 16.1. The van der Waals surface area contributed by atoms with Gasteiger partial charge in [-0.2, -0.15) is 0 Å². The van der Waals surface area contributed by atoms with E-state index in [2.05, 4.69) is 39.0 Å². The zero-order chi connectivity index (χ0) is 15.2. The Morgan fingerprint density at radius 1 is 1.33 bits per heavy atom. The lowest BCUT2D eigenvalue weighted by molar-refractivity contribution is -0.138. The fraction of sp³-hybridized carbons (Fsp3) is 0.471. The van der Waals surface area contributed by atoms with Crippen LogP contribution in [0.4, 0.5) is 5.69 Å². The number of hydrogen-bond acceptors (Lipinski definition) is 3. The maximum Gasteiger partial charge on any atom is 0.333 e. The van der Waals surface area contributed by atoms with Crippen LogP contribution in [0.3, 0.4) is 0 Å². The number of carbonyl (C=O) groups excluding carboxylic acids is 1. The molecule has 1 saturated heterocycles. The molecule has 0 N–H and O–H groups in total. The second-order valence-corrected chi connectivity index (χ2v) is 6.06. The van der Waals surface area contributed by atoms with Crippen LogP contribution in [0.2, 0.25) is 0 Å². The summed E-state index contributed by atoms with van der Waals surface area (Å²) in [5, 5.41) is 0. The van der Waals surface area contributed by atoms with E-state index < -0.39 is 0 Å². The molecule has 0 unspecified atom stereocenters. The van der Waals surface area contributed by atoms with Crippen LogP contribution in [-0.2, 0) is 9.53 Å². The van der Waals surface area contributed by atoms with Crippen LogP contribution in [0.5, 0.6) is 0 Å². The molecule has 3 nitrogen and oxygen atoms in total. The predicted octanol–water partition coefficient (Wildman–Crippen LogP) is 4.41. The molecule has 1 fully saturated rings. The number of esters is 1. The quantitative estimate of drug-likeness (QED) is 0.581. The zero-order valence-electron chi connectivity index (χ0n) is 12.7. The summed E-state index contributed by atoms with van der Waals surface area (Å²) < 4.78 is 6.15. The second-order valence-electron chi connectivity index (χ2n) is 5.14. The van der Waals surface area contributed by atoms with Crippen LogP contribution in [0.15, 0.2) is 28.2 Å². The first-order chi connectivity index (χ1) is 10.2. The molecular formula is C17H22BrNO2. The molecular weight excluding hydrogens is 330 g/mol. The molecule has 1 aromatic carbocycles. The molecule has 0 saturated carbocycles. The van der Waals surface area contributed by atoms with Crippen LogP contribution >= 0.6 is 15.9 Å². The Balaban J connectivity index is 2.36. The number of rotatable bonds is 5. The summed E-state index contributed by atoms with van der Waals surface area (Å²) in [6.45, 7) is 6.40. The molecule has 4 heteroatoms. The summed E-state index contributed by atoms with van der Waals surface area (Å²) in [4.78, 5) is 14.4. The van der Waals surface area contributed by atoms with Crippen molar-refractivity contribution in [2.45, 2.75) is 33.1 Å². The average Bonchev–Trinajstić information content (AvgIpc) is 2.99. The van der Waals surface area contributed by atoms with Crippen LogP contribution in [0.25, 0.3) is 6.08 Å². The molecule has 0 aromatic heterocycles. The molecule has 21 heavy (non-hydrogen) atoms. The van der Waals surface area contributed by atoms with E-state index in [1.165, 1.54) is 18.5 Å². The highest BCUT2D eigenvalue weighted by molar-refractivity contribution is 9.10. The Bertz CT molecular complexity index is 534. The van der Waals surface area contributed by atoms with E-state index in [1.54, 1.807) is 0 Å². The van der Waals surface area contributed by atoms with Gasteiger partial charge >= 0.3 is 5.97 Å². The van der Waals surface area contributed by atoms with Crippen molar-refractivity contribution in [3.63, 3.8) is 0 Å². The minimum absolute atomic E-state index is 0.215. The van der Waals surface area contributed by atoms with Crippen molar-refractivity contribution in [1.29, 1.82) is 0 Å². The molecule has 0 radical (unpaired) electrons. The molecule has 0 aliphatic carbocycles. The number of nitrogens with zero attached hydrogens (tertiary/aromatic N) is 1. The van der Waals surface area contributed by atoms with Gasteiger partial charge in [0.2, 0.25) is 0 Å². The standard InChI is InChI=1S/C17H22BrNO2/c1-3-13(17(20)21-4-2)11-14-12-15(18)7-8-16(14)19-9-5-6-10-19/h7-8,11-12H,3-6,9-10H2,1-2H3. The van der Waals surface area contributed by atoms with Gasteiger partial charge in [-0.15, -0.1) is 0 Å². The van der Waals surface area contributed by atoms with E-state index in [0.29, 0.717) is 13.0 Å². The third-order valence-corrected chi connectivity index (χ3v) is 4.18. The average molecular weight is 352 g/mol. The van der Waals surface area contributed by atoms with Gasteiger partial charge in [-0.25, -0.2) is 4.79 Å². The maximum absolute atomic E-state index is 12.0. The summed E-state index contributed by atoms with van der Waals surface area (Å²) in [5.74, 6) is -0.215. The highest BCUT2D eigenvalue weighted by Gasteiger charge is 2.16. The van der Waals surface area contributed by atoms with Crippen molar-refractivity contribution in [2.24, 2.45) is 0 Å². The van der Waals surface area contributed by atoms with Crippen molar-refractivity contribution in [2.75, 3.05) is 24.6 Å². The molecule has 0 bridgehead atoms. The van der Waals surface area contributed by atoms with Crippen molar-refractivity contribution in [3.8, 4) is 0 Å². The van der Waals surface area contributed by atoms with E-state index in [9.17, 15) is 4.79 Å². The van der Waals surface area contributed by atoms with Crippen molar-refractivity contribution < 1.29 is 9.53 Å². The van der Waals surface area contributed by atoms with Gasteiger partial charge in [-0.05, 0) is 56.0 Å². The van der Waals surface area contributed by atoms with Gasteiger partial charge in [0.1, 0.15) is 0 Å². The molecule has 1 aromatic rings. The highest BCUT2D eigenvalue weighted by Crippen LogP contribution is 2.29. The summed E-state index contributed by atoms with van der Waals surface area (Å²) in [6.07, 6.45) is 5.11. The van der Waals surface area contributed by atoms with Gasteiger partial charge in [0, 0.05) is 28.8 Å². The molecule has 1 aliphatic rings. The molecule has 1 heterocycles. The first-order valence-electron chi connectivity index (χ1n) is 7.58. The van der Waals surface area contributed by atoms with E-state index in [1.807, 2.05) is 19.9 Å². The lowest BCUT2D eigenvalue weighted by atomic mass is 10.1. The minimum atomic E-state index is -0.215. The fourth-order valence-electron chi connectivity index (χ4n) is 2.60. The van der Waals surface area contributed by atoms with Crippen LogP contribution in [0, 0.1) is 0 Å². The number of ether oxygens (including phenoxy) is 1. The van der Waals surface area contributed by atoms with Crippen LogP contribution in [0.1, 0.15) is 38.7 Å². The van der Waals surface area contributed by atoms with Crippen molar-refractivity contribution >= 4 is 33.7 Å². The summed E-state index contributed by atoms with van der Waals surface area (Å²) in [6, 6.07) is 6.25. The van der Waals surface area contributed by atoms with Gasteiger partial charge in [0.05, 0.1) is 6.61 Å². The summed E-state index contributed by atoms with van der Waals surface area (Å²) in [7, 11) is 0. The molecule has 0 amide bonds. The lowest BCUT2D eigenvalue weighted by Gasteiger charge is -2.21. The summed E-state index contributed by atoms with van der Waals surface area (Å²) in [5.41, 5.74) is 3.00. The number of carbonyl (C=O) groups is 1.